The molecule has 1 aromatic rings. The number of aromatic nitrogens is 1. The van der Waals surface area contributed by atoms with Gasteiger partial charge in [-0.15, -0.1) is 0 Å². The van der Waals surface area contributed by atoms with Gasteiger partial charge in [0.15, 0.2) is 14.1 Å². The highest BCUT2D eigenvalue weighted by Gasteiger charge is 2.37. The monoisotopic (exact) mass is 469 g/mol. The Morgan fingerprint density at radius 2 is 1.91 bits per heavy atom. The maximum absolute atomic E-state index is 11.8. The normalized spacial score (nSPS) is 12.9. The van der Waals surface area contributed by atoms with E-state index in [4.69, 9.17) is 18.6 Å². The summed E-state index contributed by atoms with van der Waals surface area (Å²) in [6, 6.07) is 3.47. The van der Waals surface area contributed by atoms with Crippen LogP contribution in [0.15, 0.2) is 12.1 Å². The Kier molecular flexibility index (Phi) is 12.0. The first kappa shape index (κ1) is 28.2. The number of anilines is 2. The molecule has 8 nitrogen and oxygen atoms in total. The molecule has 2 N–H and O–H groups in total. The first-order valence-electron chi connectivity index (χ1n) is 11.5. The maximum atomic E-state index is 11.8. The zero-order chi connectivity index (χ0) is 24.2. The first-order valence-corrected chi connectivity index (χ1v) is 14.4. The van der Waals surface area contributed by atoms with Gasteiger partial charge in [0, 0.05) is 12.7 Å². The summed E-state index contributed by atoms with van der Waals surface area (Å²) in [5.74, 6) is 0.733. The van der Waals surface area contributed by atoms with Crippen LogP contribution in [0.25, 0.3) is 0 Å². The van der Waals surface area contributed by atoms with Crippen LogP contribution in [0.5, 0.6) is 5.88 Å². The van der Waals surface area contributed by atoms with E-state index in [-0.39, 0.29) is 23.6 Å². The number of hydrogen-bond acceptors (Lipinski definition) is 8. The van der Waals surface area contributed by atoms with Crippen molar-refractivity contribution in [2.24, 2.45) is 0 Å². The predicted molar refractivity (Wildman–Crippen MR) is 132 cm³/mol. The second kappa shape index (κ2) is 13.6. The van der Waals surface area contributed by atoms with Crippen molar-refractivity contribution in [3.05, 3.63) is 12.1 Å². The second-order valence-electron chi connectivity index (χ2n) is 9.25. The minimum atomic E-state index is -1.93. The molecule has 0 aromatic carbocycles. The smallest absolute Gasteiger partial charge is 0.325 e. The summed E-state index contributed by atoms with van der Waals surface area (Å²) in [6.45, 7) is 17.1. The number of hydrogen-bond donors (Lipinski definition) is 2. The van der Waals surface area contributed by atoms with E-state index < -0.39 is 8.32 Å². The number of methoxy groups -OCH3 is 1. The third-order valence-corrected chi connectivity index (χ3v) is 10.1. The van der Waals surface area contributed by atoms with Gasteiger partial charge in [0.05, 0.1) is 38.7 Å². The van der Waals surface area contributed by atoms with E-state index in [0.29, 0.717) is 43.8 Å². The average molecular weight is 470 g/mol. The van der Waals surface area contributed by atoms with E-state index in [1.165, 1.54) is 0 Å². The number of carbonyl (C=O) groups excluding carboxylic acids is 1. The molecular weight excluding hydrogens is 426 g/mol. The molecule has 0 saturated heterocycles. The molecule has 0 spiro atoms. The lowest BCUT2D eigenvalue weighted by Gasteiger charge is -2.37. The molecule has 0 bridgehead atoms. The van der Waals surface area contributed by atoms with E-state index in [0.717, 1.165) is 12.8 Å². The standard InChI is InChI=1S/C23H43N3O5Si/c1-9-11-14-29-16-18(17-31-32(7,8)23(3,4)5)25-22-19(12-13-20(26-22)28-6)24-15-21(27)30-10-2/h12-13,18,24H,9-11,14-17H2,1-8H3,(H,25,26)/t18-/m0/s1. The molecule has 1 aromatic heterocycles. The summed E-state index contributed by atoms with van der Waals surface area (Å²) >= 11 is 0. The highest BCUT2D eigenvalue weighted by molar-refractivity contribution is 6.74. The number of unbranched alkanes of at least 4 members (excludes halogenated alkanes) is 1. The number of ether oxygens (including phenoxy) is 3. The number of rotatable bonds is 15. The topological polar surface area (TPSA) is 90.9 Å². The molecule has 1 rings (SSSR count). The molecule has 0 aliphatic rings. The predicted octanol–water partition coefficient (Wildman–Crippen LogP) is 4.68. The molecule has 1 atom stereocenters. The van der Waals surface area contributed by atoms with Crippen molar-refractivity contribution in [3.8, 4) is 5.88 Å². The van der Waals surface area contributed by atoms with E-state index in [9.17, 15) is 4.79 Å². The summed E-state index contributed by atoms with van der Waals surface area (Å²) < 4.78 is 22.7. The molecule has 9 heteroatoms. The lowest BCUT2D eigenvalue weighted by Crippen LogP contribution is -2.44. The molecule has 32 heavy (non-hydrogen) atoms. The lowest BCUT2D eigenvalue weighted by atomic mass is 10.2. The Morgan fingerprint density at radius 1 is 1.19 bits per heavy atom. The second-order valence-corrected chi connectivity index (χ2v) is 14.1. The van der Waals surface area contributed by atoms with Gasteiger partial charge >= 0.3 is 5.97 Å². The molecular formula is C23H43N3O5Si. The lowest BCUT2D eigenvalue weighted by molar-refractivity contribution is -0.140. The van der Waals surface area contributed by atoms with Gasteiger partial charge in [-0.05, 0) is 37.5 Å². The molecule has 0 radical (unpaired) electrons. The zero-order valence-corrected chi connectivity index (χ0v) is 22.2. The maximum Gasteiger partial charge on any atom is 0.325 e. The van der Waals surface area contributed by atoms with Gasteiger partial charge in [0.25, 0.3) is 0 Å². The molecule has 0 aliphatic heterocycles. The van der Waals surface area contributed by atoms with Crippen LogP contribution in [0.1, 0.15) is 47.5 Å². The highest BCUT2D eigenvalue weighted by Crippen LogP contribution is 2.36. The van der Waals surface area contributed by atoms with Crippen molar-refractivity contribution in [2.45, 2.75) is 71.6 Å². The van der Waals surface area contributed by atoms with Crippen LogP contribution >= 0.6 is 0 Å². The van der Waals surface area contributed by atoms with Crippen molar-refractivity contribution in [1.29, 1.82) is 0 Å². The van der Waals surface area contributed by atoms with Gasteiger partial charge in [-0.3, -0.25) is 4.79 Å². The number of carbonyl (C=O) groups is 1. The summed E-state index contributed by atoms with van der Waals surface area (Å²) in [4.78, 5) is 16.3. The highest BCUT2D eigenvalue weighted by atomic mass is 28.4. The van der Waals surface area contributed by atoms with Crippen LogP contribution in [0.2, 0.25) is 18.1 Å². The Morgan fingerprint density at radius 3 is 2.50 bits per heavy atom. The number of nitrogens with zero attached hydrogens (tertiary/aromatic N) is 1. The first-order chi connectivity index (χ1) is 15.0. The molecule has 0 fully saturated rings. The van der Waals surface area contributed by atoms with Gasteiger partial charge < -0.3 is 29.3 Å². The molecule has 1 heterocycles. The van der Waals surface area contributed by atoms with Crippen molar-refractivity contribution in [1.82, 2.24) is 4.98 Å². The van der Waals surface area contributed by atoms with Gasteiger partial charge in [-0.25, -0.2) is 0 Å². The largest absolute Gasteiger partial charge is 0.481 e. The van der Waals surface area contributed by atoms with Gasteiger partial charge in [-0.2, -0.15) is 4.98 Å². The SMILES string of the molecule is CCCCOC[C@@H](CO[Si](C)(C)C(C)(C)C)Nc1nc(OC)ccc1NCC(=O)OCC. The fourth-order valence-corrected chi connectivity index (χ4v) is 3.56. The quantitative estimate of drug-likeness (QED) is 0.217. The van der Waals surface area contributed by atoms with E-state index >= 15 is 0 Å². The molecule has 0 aliphatic carbocycles. The minimum absolute atomic E-state index is 0.0503. The van der Waals surface area contributed by atoms with Crippen molar-refractivity contribution in [2.75, 3.05) is 50.7 Å². The number of nitrogens with one attached hydrogen (secondary N) is 2. The molecule has 0 amide bonds. The summed E-state index contributed by atoms with van der Waals surface area (Å²) in [6.07, 6.45) is 2.09. The molecule has 0 unspecified atom stereocenters. The summed E-state index contributed by atoms with van der Waals surface area (Å²) in [5.41, 5.74) is 0.685. The Bertz CT molecular complexity index is 695. The Labute approximate surface area is 194 Å². The third-order valence-electron chi connectivity index (χ3n) is 5.56. The van der Waals surface area contributed by atoms with Crippen LogP contribution in [0.3, 0.4) is 0 Å². The van der Waals surface area contributed by atoms with Crippen LogP contribution in [-0.4, -0.2) is 65.4 Å². The average Bonchev–Trinajstić information content (AvgIpc) is 2.73. The number of pyridine rings is 1. The minimum Gasteiger partial charge on any atom is -0.481 e. The van der Waals surface area contributed by atoms with E-state index in [1.807, 2.05) is 6.07 Å². The van der Waals surface area contributed by atoms with Crippen LogP contribution in [0, 0.1) is 0 Å². The summed E-state index contributed by atoms with van der Waals surface area (Å²) in [5, 5.41) is 6.66. The van der Waals surface area contributed by atoms with Gasteiger partial charge in [-0.1, -0.05) is 34.1 Å². The van der Waals surface area contributed by atoms with Crippen LogP contribution in [-0.2, 0) is 18.7 Å². The van der Waals surface area contributed by atoms with Crippen molar-refractivity contribution in [3.63, 3.8) is 0 Å². The fraction of sp³-hybridized carbons (Fsp3) is 0.739. The van der Waals surface area contributed by atoms with Gasteiger partial charge in [0.1, 0.15) is 6.54 Å². The Hall–Kier alpha value is -1.84. The number of esters is 1. The van der Waals surface area contributed by atoms with Crippen molar-refractivity contribution >= 4 is 25.8 Å². The van der Waals surface area contributed by atoms with Crippen molar-refractivity contribution < 1.29 is 23.4 Å². The van der Waals surface area contributed by atoms with Gasteiger partial charge in [0.2, 0.25) is 5.88 Å². The van der Waals surface area contributed by atoms with E-state index in [2.05, 4.69) is 56.4 Å². The third kappa shape index (κ3) is 9.75. The zero-order valence-electron chi connectivity index (χ0n) is 21.2. The van der Waals surface area contributed by atoms with E-state index in [1.54, 1.807) is 20.1 Å². The van der Waals surface area contributed by atoms with Crippen LogP contribution in [0.4, 0.5) is 11.5 Å². The molecule has 0 saturated carbocycles. The summed E-state index contributed by atoms with van der Waals surface area (Å²) in [7, 11) is -0.354. The van der Waals surface area contributed by atoms with Crippen LogP contribution < -0.4 is 15.4 Å². The molecule has 184 valence electrons. The Balaban J connectivity index is 2.99. The fourth-order valence-electron chi connectivity index (χ4n) is 2.51.